The first-order valence-corrected chi connectivity index (χ1v) is 6.74. The van der Waals surface area contributed by atoms with Crippen molar-refractivity contribution in [3.63, 3.8) is 0 Å². The number of rotatable bonds is 8. The molecule has 0 saturated carbocycles. The summed E-state index contributed by atoms with van der Waals surface area (Å²) in [6, 6.07) is 7.65. The van der Waals surface area contributed by atoms with E-state index in [0.29, 0.717) is 19.8 Å². The highest BCUT2D eigenvalue weighted by Crippen LogP contribution is 2.15. The van der Waals surface area contributed by atoms with E-state index in [2.05, 4.69) is 5.32 Å². The van der Waals surface area contributed by atoms with E-state index >= 15 is 0 Å². The van der Waals surface area contributed by atoms with Gasteiger partial charge in [0.1, 0.15) is 5.75 Å². The summed E-state index contributed by atoms with van der Waals surface area (Å²) in [5.41, 5.74) is 1.04. The first kappa shape index (κ1) is 16.0. The third-order valence-corrected chi connectivity index (χ3v) is 2.64. The molecular weight excluding hydrogens is 258 g/mol. The van der Waals surface area contributed by atoms with Gasteiger partial charge in [-0.3, -0.25) is 9.59 Å². The van der Waals surface area contributed by atoms with Crippen molar-refractivity contribution in [2.45, 2.75) is 26.7 Å². The minimum Gasteiger partial charge on any atom is -0.493 e. The normalized spacial score (nSPS) is 9.90. The zero-order valence-corrected chi connectivity index (χ0v) is 12.0. The maximum atomic E-state index is 11.5. The Kier molecular flexibility index (Phi) is 7.17. The van der Waals surface area contributed by atoms with Gasteiger partial charge in [0.05, 0.1) is 26.1 Å². The molecule has 0 bridgehead atoms. The van der Waals surface area contributed by atoms with Crippen LogP contribution in [0.5, 0.6) is 5.75 Å². The van der Waals surface area contributed by atoms with E-state index in [1.807, 2.05) is 31.2 Å². The van der Waals surface area contributed by atoms with Gasteiger partial charge < -0.3 is 14.8 Å². The van der Waals surface area contributed by atoms with Crippen molar-refractivity contribution in [2.24, 2.45) is 0 Å². The first-order chi connectivity index (χ1) is 9.63. The number of aryl methyl sites for hydroxylation is 1. The van der Waals surface area contributed by atoms with Crippen molar-refractivity contribution in [3.05, 3.63) is 29.8 Å². The fourth-order valence-corrected chi connectivity index (χ4v) is 1.60. The number of para-hydroxylation sites is 1. The van der Waals surface area contributed by atoms with Crippen molar-refractivity contribution in [1.82, 2.24) is 5.32 Å². The SMILES string of the molecule is CCOC(=O)CCNC(=O)CCOc1ccccc1C. The summed E-state index contributed by atoms with van der Waals surface area (Å²) >= 11 is 0. The Bertz CT molecular complexity index is 445. The second-order valence-corrected chi connectivity index (χ2v) is 4.27. The molecule has 110 valence electrons. The quantitative estimate of drug-likeness (QED) is 0.737. The number of hydrogen-bond acceptors (Lipinski definition) is 4. The summed E-state index contributed by atoms with van der Waals surface area (Å²) < 4.78 is 10.3. The lowest BCUT2D eigenvalue weighted by Gasteiger charge is -2.09. The molecule has 0 saturated heterocycles. The third kappa shape index (κ3) is 6.22. The van der Waals surface area contributed by atoms with Crippen LogP contribution < -0.4 is 10.1 Å². The van der Waals surface area contributed by atoms with E-state index in [1.54, 1.807) is 6.92 Å². The Hall–Kier alpha value is -2.04. The molecule has 1 N–H and O–H groups in total. The fourth-order valence-electron chi connectivity index (χ4n) is 1.60. The standard InChI is InChI=1S/C15H21NO4/c1-3-19-15(18)8-10-16-14(17)9-11-20-13-7-5-4-6-12(13)2/h4-7H,3,8-11H2,1-2H3,(H,16,17). The molecule has 1 aromatic rings. The van der Waals surface area contributed by atoms with E-state index in [0.717, 1.165) is 11.3 Å². The highest BCUT2D eigenvalue weighted by Gasteiger charge is 2.05. The molecule has 0 fully saturated rings. The zero-order valence-electron chi connectivity index (χ0n) is 12.0. The lowest BCUT2D eigenvalue weighted by atomic mass is 10.2. The molecule has 5 heteroatoms. The average molecular weight is 279 g/mol. The maximum Gasteiger partial charge on any atom is 0.307 e. The van der Waals surface area contributed by atoms with Crippen LogP contribution in [0.2, 0.25) is 0 Å². The second-order valence-electron chi connectivity index (χ2n) is 4.27. The lowest BCUT2D eigenvalue weighted by Crippen LogP contribution is -2.27. The molecule has 20 heavy (non-hydrogen) atoms. The molecule has 0 atom stereocenters. The van der Waals surface area contributed by atoms with Gasteiger partial charge in [-0.25, -0.2) is 0 Å². The van der Waals surface area contributed by atoms with Gasteiger partial charge in [0.2, 0.25) is 5.91 Å². The summed E-state index contributed by atoms with van der Waals surface area (Å²) in [5.74, 6) is 0.346. The summed E-state index contributed by atoms with van der Waals surface area (Å²) in [4.78, 5) is 22.6. The summed E-state index contributed by atoms with van der Waals surface area (Å²) in [6.45, 7) is 4.67. The molecule has 1 rings (SSSR count). The topological polar surface area (TPSA) is 64.6 Å². The molecule has 0 spiro atoms. The molecule has 0 aromatic heterocycles. The van der Waals surface area contributed by atoms with Gasteiger partial charge in [-0.1, -0.05) is 18.2 Å². The summed E-state index contributed by atoms with van der Waals surface area (Å²) in [6.07, 6.45) is 0.454. The van der Waals surface area contributed by atoms with E-state index in [1.165, 1.54) is 0 Å². The van der Waals surface area contributed by atoms with Crippen LogP contribution in [-0.2, 0) is 14.3 Å². The molecule has 0 aliphatic carbocycles. The van der Waals surface area contributed by atoms with Crippen molar-refractivity contribution >= 4 is 11.9 Å². The number of amides is 1. The van der Waals surface area contributed by atoms with Crippen LogP contribution in [0.4, 0.5) is 0 Å². The van der Waals surface area contributed by atoms with Crippen molar-refractivity contribution in [3.8, 4) is 5.75 Å². The smallest absolute Gasteiger partial charge is 0.307 e. The molecule has 1 aromatic carbocycles. The van der Waals surface area contributed by atoms with Crippen LogP contribution in [0, 0.1) is 6.92 Å². The fraction of sp³-hybridized carbons (Fsp3) is 0.467. The Morgan fingerprint density at radius 2 is 1.95 bits per heavy atom. The van der Waals surface area contributed by atoms with E-state index in [-0.39, 0.29) is 24.7 Å². The van der Waals surface area contributed by atoms with Gasteiger partial charge in [0.15, 0.2) is 0 Å². The number of nitrogens with one attached hydrogen (secondary N) is 1. The molecule has 0 aliphatic heterocycles. The van der Waals surface area contributed by atoms with Gasteiger partial charge in [0.25, 0.3) is 0 Å². The summed E-state index contributed by atoms with van der Waals surface area (Å²) in [7, 11) is 0. The Labute approximate surface area is 119 Å². The molecule has 0 unspecified atom stereocenters. The second kappa shape index (κ2) is 8.96. The predicted molar refractivity (Wildman–Crippen MR) is 75.6 cm³/mol. The monoisotopic (exact) mass is 279 g/mol. The number of hydrogen-bond donors (Lipinski definition) is 1. The Morgan fingerprint density at radius 3 is 2.65 bits per heavy atom. The van der Waals surface area contributed by atoms with Crippen LogP contribution in [0.15, 0.2) is 24.3 Å². The van der Waals surface area contributed by atoms with Crippen LogP contribution in [0.1, 0.15) is 25.3 Å². The molecule has 1 amide bonds. The number of ether oxygens (including phenoxy) is 2. The average Bonchev–Trinajstić information content (AvgIpc) is 2.41. The maximum absolute atomic E-state index is 11.5. The number of benzene rings is 1. The van der Waals surface area contributed by atoms with Crippen LogP contribution in [-0.4, -0.2) is 31.6 Å². The number of carbonyl (C=O) groups excluding carboxylic acids is 2. The summed E-state index contributed by atoms with van der Waals surface area (Å²) in [5, 5.41) is 2.65. The first-order valence-electron chi connectivity index (χ1n) is 6.74. The molecule has 5 nitrogen and oxygen atoms in total. The minimum atomic E-state index is -0.302. The van der Waals surface area contributed by atoms with E-state index in [4.69, 9.17) is 9.47 Å². The highest BCUT2D eigenvalue weighted by molar-refractivity contribution is 5.77. The Balaban J connectivity index is 2.14. The van der Waals surface area contributed by atoms with Crippen LogP contribution in [0.3, 0.4) is 0 Å². The largest absolute Gasteiger partial charge is 0.493 e. The Morgan fingerprint density at radius 1 is 1.20 bits per heavy atom. The van der Waals surface area contributed by atoms with Gasteiger partial charge in [-0.15, -0.1) is 0 Å². The number of carbonyl (C=O) groups is 2. The van der Waals surface area contributed by atoms with E-state index < -0.39 is 0 Å². The van der Waals surface area contributed by atoms with Gasteiger partial charge in [-0.05, 0) is 25.5 Å². The van der Waals surface area contributed by atoms with Crippen LogP contribution >= 0.6 is 0 Å². The van der Waals surface area contributed by atoms with Gasteiger partial charge in [-0.2, -0.15) is 0 Å². The van der Waals surface area contributed by atoms with Gasteiger partial charge in [0, 0.05) is 6.54 Å². The van der Waals surface area contributed by atoms with Crippen molar-refractivity contribution < 1.29 is 19.1 Å². The minimum absolute atomic E-state index is 0.136. The lowest BCUT2D eigenvalue weighted by molar-refractivity contribution is -0.143. The van der Waals surface area contributed by atoms with Crippen molar-refractivity contribution in [1.29, 1.82) is 0 Å². The van der Waals surface area contributed by atoms with Crippen LogP contribution in [0.25, 0.3) is 0 Å². The van der Waals surface area contributed by atoms with Gasteiger partial charge >= 0.3 is 5.97 Å². The molecule has 0 aliphatic rings. The third-order valence-electron chi connectivity index (χ3n) is 2.64. The predicted octanol–water partition coefficient (Wildman–Crippen LogP) is 1.83. The van der Waals surface area contributed by atoms with Crippen molar-refractivity contribution in [2.75, 3.05) is 19.8 Å². The van der Waals surface area contributed by atoms with E-state index in [9.17, 15) is 9.59 Å². The molecule has 0 radical (unpaired) electrons. The zero-order chi connectivity index (χ0) is 14.8. The molecular formula is C15H21NO4. The number of esters is 1. The molecule has 0 heterocycles. The highest BCUT2D eigenvalue weighted by atomic mass is 16.5.